The first-order valence-corrected chi connectivity index (χ1v) is 9.01. The van der Waals surface area contributed by atoms with Gasteiger partial charge in [-0.2, -0.15) is 0 Å². The van der Waals surface area contributed by atoms with Crippen molar-refractivity contribution in [3.8, 4) is 0 Å². The van der Waals surface area contributed by atoms with Crippen LogP contribution in [0.1, 0.15) is 56.5 Å². The van der Waals surface area contributed by atoms with Gasteiger partial charge in [-0.3, -0.25) is 0 Å². The largest absolute Gasteiger partial charge is 0.377 e. The summed E-state index contributed by atoms with van der Waals surface area (Å²) in [5, 5.41) is 4.46. The quantitative estimate of drug-likeness (QED) is 0.837. The van der Waals surface area contributed by atoms with Crippen LogP contribution in [-0.4, -0.2) is 37.8 Å². The molecular formula is C16H29N3OS. The van der Waals surface area contributed by atoms with E-state index >= 15 is 0 Å². The van der Waals surface area contributed by atoms with Gasteiger partial charge in [-0.1, -0.05) is 13.8 Å². The van der Waals surface area contributed by atoms with Gasteiger partial charge in [-0.05, 0) is 39.2 Å². The minimum absolute atomic E-state index is 0.368. The van der Waals surface area contributed by atoms with Crippen LogP contribution in [0.25, 0.3) is 0 Å². The summed E-state index contributed by atoms with van der Waals surface area (Å²) in [6.45, 7) is 10.4. The number of aromatic nitrogens is 1. The Morgan fingerprint density at radius 2 is 2.29 bits per heavy atom. The van der Waals surface area contributed by atoms with E-state index in [0.29, 0.717) is 12.0 Å². The number of nitrogens with zero attached hydrogens (tertiary/aromatic N) is 2. The molecule has 1 saturated heterocycles. The Bertz CT molecular complexity index is 433. The van der Waals surface area contributed by atoms with Gasteiger partial charge < -0.3 is 15.0 Å². The maximum absolute atomic E-state index is 5.81. The first kappa shape index (κ1) is 16.7. The number of thiazole rings is 1. The number of piperidine rings is 1. The van der Waals surface area contributed by atoms with Crippen LogP contribution in [0, 0.1) is 0 Å². The molecule has 0 aliphatic carbocycles. The third-order valence-electron chi connectivity index (χ3n) is 4.18. The molecule has 2 heterocycles. The van der Waals surface area contributed by atoms with Crippen LogP contribution in [-0.2, 0) is 11.3 Å². The summed E-state index contributed by atoms with van der Waals surface area (Å²) in [5.74, 6) is 0.533. The third kappa shape index (κ3) is 4.18. The number of hydrogen-bond donors (Lipinski definition) is 1. The van der Waals surface area contributed by atoms with Crippen molar-refractivity contribution >= 4 is 16.5 Å². The Hall–Kier alpha value is -0.650. The van der Waals surface area contributed by atoms with Crippen LogP contribution in [0.2, 0.25) is 0 Å². The number of ether oxygens (including phenoxy) is 1. The molecule has 0 bridgehead atoms. The van der Waals surface area contributed by atoms with E-state index in [1.807, 2.05) is 18.4 Å². The molecule has 120 valence electrons. The van der Waals surface area contributed by atoms with E-state index < -0.39 is 0 Å². The van der Waals surface area contributed by atoms with Crippen molar-refractivity contribution in [2.24, 2.45) is 0 Å². The molecule has 1 fully saturated rings. The minimum atomic E-state index is 0.368. The molecule has 0 saturated carbocycles. The molecule has 1 aliphatic rings. The van der Waals surface area contributed by atoms with Gasteiger partial charge in [0.1, 0.15) is 0 Å². The predicted octanol–water partition coefficient (Wildman–Crippen LogP) is 3.38. The highest BCUT2D eigenvalue weighted by Crippen LogP contribution is 2.33. The summed E-state index contributed by atoms with van der Waals surface area (Å²) in [7, 11) is 2.01. The zero-order chi connectivity index (χ0) is 15.2. The van der Waals surface area contributed by atoms with E-state index in [2.05, 4.69) is 31.0 Å². The summed E-state index contributed by atoms with van der Waals surface area (Å²) in [5.41, 5.74) is 1.28. The molecule has 2 rings (SSSR count). The topological polar surface area (TPSA) is 37.4 Å². The first-order chi connectivity index (χ1) is 10.2. The average molecular weight is 311 g/mol. The molecule has 4 nitrogen and oxygen atoms in total. The van der Waals surface area contributed by atoms with Crippen molar-refractivity contribution in [2.75, 3.05) is 31.6 Å². The van der Waals surface area contributed by atoms with Crippen molar-refractivity contribution in [3.05, 3.63) is 10.6 Å². The molecule has 21 heavy (non-hydrogen) atoms. The van der Waals surface area contributed by atoms with Gasteiger partial charge >= 0.3 is 0 Å². The fourth-order valence-electron chi connectivity index (χ4n) is 2.84. The SMILES string of the molecule is CCOC1CCCN(c2nc(C(C)CC)c(CNC)s2)C1. The molecule has 1 aliphatic heterocycles. The molecular weight excluding hydrogens is 282 g/mol. The van der Waals surface area contributed by atoms with Crippen LogP contribution >= 0.6 is 11.3 Å². The fourth-order valence-corrected chi connectivity index (χ4v) is 4.06. The highest BCUT2D eigenvalue weighted by atomic mass is 32.1. The summed E-state index contributed by atoms with van der Waals surface area (Å²) in [4.78, 5) is 8.77. The fraction of sp³-hybridized carbons (Fsp3) is 0.812. The van der Waals surface area contributed by atoms with E-state index in [9.17, 15) is 0 Å². The van der Waals surface area contributed by atoms with Gasteiger partial charge in [-0.25, -0.2) is 4.98 Å². The molecule has 0 aromatic carbocycles. The number of rotatable bonds is 7. The smallest absolute Gasteiger partial charge is 0.185 e. The van der Waals surface area contributed by atoms with Crippen molar-refractivity contribution in [3.63, 3.8) is 0 Å². The molecule has 2 atom stereocenters. The second-order valence-corrected chi connectivity index (χ2v) is 6.87. The van der Waals surface area contributed by atoms with E-state index in [-0.39, 0.29) is 0 Å². The molecule has 0 spiro atoms. The maximum Gasteiger partial charge on any atom is 0.185 e. The normalized spacial score (nSPS) is 20.8. The molecule has 0 amide bonds. The number of anilines is 1. The monoisotopic (exact) mass is 311 g/mol. The van der Waals surface area contributed by atoms with E-state index in [1.165, 1.54) is 28.5 Å². The molecule has 0 radical (unpaired) electrons. The van der Waals surface area contributed by atoms with Crippen LogP contribution in [0.3, 0.4) is 0 Å². The lowest BCUT2D eigenvalue weighted by molar-refractivity contribution is 0.0526. The Balaban J connectivity index is 2.15. The Kier molecular flexibility index (Phi) is 6.45. The van der Waals surface area contributed by atoms with Crippen LogP contribution in [0.5, 0.6) is 0 Å². The number of nitrogens with one attached hydrogen (secondary N) is 1. The predicted molar refractivity (Wildman–Crippen MR) is 90.4 cm³/mol. The highest BCUT2D eigenvalue weighted by Gasteiger charge is 2.24. The second kappa shape index (κ2) is 8.11. The van der Waals surface area contributed by atoms with Gasteiger partial charge in [0.15, 0.2) is 5.13 Å². The molecule has 5 heteroatoms. The summed E-state index contributed by atoms with van der Waals surface area (Å²) in [6.07, 6.45) is 3.88. The first-order valence-electron chi connectivity index (χ1n) is 8.20. The molecule has 1 N–H and O–H groups in total. The molecule has 1 aromatic heterocycles. The minimum Gasteiger partial charge on any atom is -0.377 e. The zero-order valence-electron chi connectivity index (χ0n) is 13.8. The third-order valence-corrected chi connectivity index (χ3v) is 5.32. The lowest BCUT2D eigenvalue weighted by Crippen LogP contribution is -2.39. The molecule has 2 unspecified atom stereocenters. The van der Waals surface area contributed by atoms with Crippen LogP contribution in [0.15, 0.2) is 0 Å². The van der Waals surface area contributed by atoms with Gasteiger partial charge in [0.05, 0.1) is 11.8 Å². The Morgan fingerprint density at radius 1 is 1.48 bits per heavy atom. The second-order valence-electron chi connectivity index (χ2n) is 5.81. The van der Waals surface area contributed by atoms with Gasteiger partial charge in [-0.15, -0.1) is 11.3 Å². The van der Waals surface area contributed by atoms with Crippen molar-refractivity contribution in [2.45, 2.75) is 58.6 Å². The zero-order valence-corrected chi connectivity index (χ0v) is 14.6. The molecule has 1 aromatic rings. The lowest BCUT2D eigenvalue weighted by atomic mass is 10.0. The van der Waals surface area contributed by atoms with Crippen molar-refractivity contribution < 1.29 is 4.74 Å². The van der Waals surface area contributed by atoms with Gasteiger partial charge in [0.2, 0.25) is 0 Å². The van der Waals surface area contributed by atoms with E-state index in [1.54, 1.807) is 0 Å². The number of hydrogen-bond acceptors (Lipinski definition) is 5. The maximum atomic E-state index is 5.81. The van der Waals surface area contributed by atoms with Crippen LogP contribution in [0.4, 0.5) is 5.13 Å². The summed E-state index contributed by atoms with van der Waals surface area (Å²) >= 11 is 1.85. The van der Waals surface area contributed by atoms with Gasteiger partial charge in [0.25, 0.3) is 0 Å². The van der Waals surface area contributed by atoms with Crippen LogP contribution < -0.4 is 10.2 Å². The highest BCUT2D eigenvalue weighted by molar-refractivity contribution is 7.15. The van der Waals surface area contributed by atoms with E-state index in [4.69, 9.17) is 9.72 Å². The average Bonchev–Trinajstić information content (AvgIpc) is 2.92. The van der Waals surface area contributed by atoms with Gasteiger partial charge in [0, 0.05) is 31.1 Å². The summed E-state index contributed by atoms with van der Waals surface area (Å²) < 4.78 is 5.81. The summed E-state index contributed by atoms with van der Waals surface area (Å²) in [6, 6.07) is 0. The lowest BCUT2D eigenvalue weighted by Gasteiger charge is -2.32. The van der Waals surface area contributed by atoms with Crippen molar-refractivity contribution in [1.82, 2.24) is 10.3 Å². The Labute approximate surface area is 132 Å². The standard InChI is InChI=1S/C16H29N3OS/c1-5-12(3)15-14(10-17-4)21-16(18-15)19-9-7-8-13(11-19)20-6-2/h12-13,17H,5-11H2,1-4H3. The van der Waals surface area contributed by atoms with E-state index in [0.717, 1.165) is 32.7 Å². The van der Waals surface area contributed by atoms with Crippen molar-refractivity contribution in [1.29, 1.82) is 0 Å². The Morgan fingerprint density at radius 3 is 2.95 bits per heavy atom.